The van der Waals surface area contributed by atoms with Crippen molar-refractivity contribution < 1.29 is 14.3 Å². The summed E-state index contributed by atoms with van der Waals surface area (Å²) in [5.41, 5.74) is -0.709. The summed E-state index contributed by atoms with van der Waals surface area (Å²) in [4.78, 5) is 12.0. The molecule has 2 saturated carbocycles. The number of fused-ring (bicyclic) bond motifs is 2. The third-order valence-corrected chi connectivity index (χ3v) is 4.75. The minimum atomic E-state index is -0.581. The van der Waals surface area contributed by atoms with E-state index < -0.39 is 5.60 Å². The monoisotopic (exact) mass is 224 g/mol. The minimum absolute atomic E-state index is 0.120. The number of ether oxygens (including phenoxy) is 2. The summed E-state index contributed by atoms with van der Waals surface area (Å²) < 4.78 is 11.2. The summed E-state index contributed by atoms with van der Waals surface area (Å²) in [7, 11) is 0. The lowest BCUT2D eigenvalue weighted by Crippen LogP contribution is -2.38. The topological polar surface area (TPSA) is 38.8 Å². The van der Waals surface area contributed by atoms with Gasteiger partial charge in [-0.05, 0) is 44.4 Å². The average Bonchev–Trinajstić information content (AvgIpc) is 3.14. The molecular formula is C13H20O3. The van der Waals surface area contributed by atoms with Gasteiger partial charge in [0.05, 0.1) is 6.61 Å². The molecule has 2 aliphatic carbocycles. The largest absolute Gasteiger partial charge is 0.464 e. The van der Waals surface area contributed by atoms with Crippen LogP contribution in [0.2, 0.25) is 0 Å². The van der Waals surface area contributed by atoms with E-state index >= 15 is 0 Å². The Labute approximate surface area is 96.5 Å². The van der Waals surface area contributed by atoms with Crippen LogP contribution in [-0.4, -0.2) is 23.8 Å². The van der Waals surface area contributed by atoms with E-state index in [0.717, 1.165) is 18.8 Å². The molecule has 3 nitrogen and oxygen atoms in total. The van der Waals surface area contributed by atoms with E-state index in [0.29, 0.717) is 12.5 Å². The lowest BCUT2D eigenvalue weighted by atomic mass is 9.78. The van der Waals surface area contributed by atoms with Gasteiger partial charge < -0.3 is 9.47 Å². The first kappa shape index (κ1) is 10.6. The Kier molecular flexibility index (Phi) is 2.13. The van der Waals surface area contributed by atoms with E-state index in [1.807, 2.05) is 13.8 Å². The second-order valence-corrected chi connectivity index (χ2v) is 5.39. The van der Waals surface area contributed by atoms with Crippen molar-refractivity contribution in [3.63, 3.8) is 0 Å². The molecule has 0 bridgehead atoms. The summed E-state index contributed by atoms with van der Waals surface area (Å²) in [6.45, 7) is 4.35. The summed E-state index contributed by atoms with van der Waals surface area (Å²) in [6, 6.07) is 0. The maximum absolute atomic E-state index is 12.0. The van der Waals surface area contributed by atoms with Crippen LogP contribution in [0.4, 0.5) is 0 Å². The molecule has 0 aromatic rings. The Morgan fingerprint density at radius 2 is 2.31 bits per heavy atom. The average molecular weight is 224 g/mol. The Morgan fingerprint density at radius 3 is 3.00 bits per heavy atom. The molecule has 0 N–H and O–H groups in total. The Hall–Kier alpha value is -0.570. The molecule has 3 heteroatoms. The van der Waals surface area contributed by atoms with Crippen LogP contribution in [0.3, 0.4) is 0 Å². The quantitative estimate of drug-likeness (QED) is 0.545. The molecule has 3 aliphatic rings. The van der Waals surface area contributed by atoms with Gasteiger partial charge in [-0.3, -0.25) is 0 Å². The number of carbonyl (C=O) groups excluding carboxylic acids is 1. The van der Waals surface area contributed by atoms with Crippen molar-refractivity contribution >= 4 is 5.97 Å². The third kappa shape index (κ3) is 1.10. The molecular weight excluding hydrogens is 204 g/mol. The molecule has 4 atom stereocenters. The van der Waals surface area contributed by atoms with Gasteiger partial charge in [0.2, 0.25) is 0 Å². The van der Waals surface area contributed by atoms with Gasteiger partial charge in [0.25, 0.3) is 0 Å². The van der Waals surface area contributed by atoms with Gasteiger partial charge in [0.1, 0.15) is 5.60 Å². The fourth-order valence-corrected chi connectivity index (χ4v) is 3.84. The van der Waals surface area contributed by atoms with Crippen LogP contribution in [0.25, 0.3) is 0 Å². The van der Waals surface area contributed by atoms with Crippen LogP contribution in [0.15, 0.2) is 0 Å². The molecule has 0 radical (unpaired) electrons. The number of esters is 1. The second-order valence-electron chi connectivity index (χ2n) is 5.39. The fraction of sp³-hybridized carbons (Fsp3) is 0.923. The van der Waals surface area contributed by atoms with Gasteiger partial charge in [-0.2, -0.15) is 0 Å². The smallest absolute Gasteiger partial charge is 0.341 e. The zero-order valence-electron chi connectivity index (χ0n) is 10.1. The van der Waals surface area contributed by atoms with E-state index in [-0.39, 0.29) is 11.6 Å². The lowest BCUT2D eigenvalue weighted by Gasteiger charge is -2.21. The fourth-order valence-electron chi connectivity index (χ4n) is 3.84. The molecule has 1 saturated heterocycles. The van der Waals surface area contributed by atoms with Crippen LogP contribution >= 0.6 is 0 Å². The van der Waals surface area contributed by atoms with E-state index in [2.05, 4.69) is 0 Å². The first-order valence-corrected chi connectivity index (χ1v) is 6.57. The van der Waals surface area contributed by atoms with E-state index in [1.165, 1.54) is 19.3 Å². The molecule has 16 heavy (non-hydrogen) atoms. The maximum Gasteiger partial charge on any atom is 0.341 e. The maximum atomic E-state index is 12.0. The van der Waals surface area contributed by atoms with Gasteiger partial charge in [-0.1, -0.05) is 13.3 Å². The van der Waals surface area contributed by atoms with Gasteiger partial charge in [-0.25, -0.2) is 4.79 Å². The third-order valence-electron chi connectivity index (χ3n) is 4.75. The van der Waals surface area contributed by atoms with Crippen LogP contribution in [0.1, 0.15) is 46.0 Å². The molecule has 90 valence electrons. The standard InChI is InChI=1S/C13H20O3/c1-3-12(11(14)15-4-2)13(16-12)7-5-6-9-8-10(9)13/h9-10H,3-8H2,1-2H3. The minimum Gasteiger partial charge on any atom is -0.464 e. The van der Waals surface area contributed by atoms with Gasteiger partial charge in [-0.15, -0.1) is 0 Å². The molecule has 0 amide bonds. The van der Waals surface area contributed by atoms with E-state index in [1.54, 1.807) is 0 Å². The second kappa shape index (κ2) is 3.22. The molecule has 1 spiro atoms. The number of epoxide rings is 1. The first-order chi connectivity index (χ1) is 7.70. The van der Waals surface area contributed by atoms with Crippen molar-refractivity contribution in [1.82, 2.24) is 0 Å². The molecule has 3 fully saturated rings. The van der Waals surface area contributed by atoms with Crippen molar-refractivity contribution in [2.75, 3.05) is 6.61 Å². The normalized spacial score (nSPS) is 48.6. The Morgan fingerprint density at radius 1 is 1.50 bits per heavy atom. The molecule has 1 heterocycles. The predicted octanol–water partition coefficient (Wildman–Crippen LogP) is 2.29. The summed E-state index contributed by atoms with van der Waals surface area (Å²) >= 11 is 0. The number of carbonyl (C=O) groups is 1. The zero-order chi connectivity index (χ0) is 11.4. The van der Waals surface area contributed by atoms with Crippen molar-refractivity contribution in [2.45, 2.75) is 57.2 Å². The first-order valence-electron chi connectivity index (χ1n) is 6.57. The summed E-state index contributed by atoms with van der Waals surface area (Å²) in [5, 5.41) is 0. The van der Waals surface area contributed by atoms with Crippen molar-refractivity contribution in [3.8, 4) is 0 Å². The van der Waals surface area contributed by atoms with Crippen LogP contribution in [0.5, 0.6) is 0 Å². The molecule has 4 unspecified atom stereocenters. The number of rotatable bonds is 3. The molecule has 1 aliphatic heterocycles. The molecule has 0 aromatic carbocycles. The van der Waals surface area contributed by atoms with Crippen LogP contribution < -0.4 is 0 Å². The highest BCUT2D eigenvalue weighted by atomic mass is 16.7. The summed E-state index contributed by atoms with van der Waals surface area (Å²) in [5.74, 6) is 1.35. The van der Waals surface area contributed by atoms with Gasteiger partial charge in [0, 0.05) is 0 Å². The molecule has 3 rings (SSSR count). The van der Waals surface area contributed by atoms with E-state index in [4.69, 9.17) is 9.47 Å². The van der Waals surface area contributed by atoms with Crippen LogP contribution in [0, 0.1) is 11.8 Å². The van der Waals surface area contributed by atoms with Crippen molar-refractivity contribution in [2.24, 2.45) is 11.8 Å². The lowest BCUT2D eigenvalue weighted by molar-refractivity contribution is -0.149. The molecule has 0 aromatic heterocycles. The zero-order valence-corrected chi connectivity index (χ0v) is 10.1. The number of hydrogen-bond acceptors (Lipinski definition) is 3. The highest BCUT2D eigenvalue weighted by Gasteiger charge is 2.81. The SMILES string of the molecule is CCOC(=O)C1(CC)OC12CCCC1CC12. The Balaban J connectivity index is 1.81. The highest BCUT2D eigenvalue weighted by molar-refractivity contribution is 5.85. The van der Waals surface area contributed by atoms with Crippen LogP contribution in [-0.2, 0) is 14.3 Å². The van der Waals surface area contributed by atoms with E-state index in [9.17, 15) is 4.79 Å². The van der Waals surface area contributed by atoms with Gasteiger partial charge in [0.15, 0.2) is 5.60 Å². The highest BCUT2D eigenvalue weighted by Crippen LogP contribution is 2.70. The van der Waals surface area contributed by atoms with Crippen molar-refractivity contribution in [1.29, 1.82) is 0 Å². The predicted molar refractivity (Wildman–Crippen MR) is 58.9 cm³/mol. The Bertz CT molecular complexity index is 327. The number of hydrogen-bond donors (Lipinski definition) is 0. The van der Waals surface area contributed by atoms with Gasteiger partial charge >= 0.3 is 5.97 Å². The van der Waals surface area contributed by atoms with Crippen molar-refractivity contribution in [3.05, 3.63) is 0 Å². The summed E-state index contributed by atoms with van der Waals surface area (Å²) in [6.07, 6.45) is 5.62.